The SMILES string of the molecule is CCCC(C)(C)NC(=O)c1cc(C)ccc1NCC. The topological polar surface area (TPSA) is 41.1 Å². The van der Waals surface area contributed by atoms with Crippen molar-refractivity contribution in [3.05, 3.63) is 29.3 Å². The molecule has 0 aliphatic carbocycles. The summed E-state index contributed by atoms with van der Waals surface area (Å²) in [5, 5.41) is 6.36. The maximum absolute atomic E-state index is 12.4. The quantitative estimate of drug-likeness (QED) is 0.820. The van der Waals surface area contributed by atoms with Gasteiger partial charge in [0.1, 0.15) is 0 Å². The molecule has 0 unspecified atom stereocenters. The molecule has 106 valence electrons. The van der Waals surface area contributed by atoms with Crippen molar-refractivity contribution in [2.24, 2.45) is 0 Å². The molecule has 0 aliphatic rings. The fraction of sp³-hybridized carbons (Fsp3) is 0.562. The van der Waals surface area contributed by atoms with Crippen LogP contribution in [0.4, 0.5) is 5.69 Å². The van der Waals surface area contributed by atoms with Gasteiger partial charge in [-0.3, -0.25) is 4.79 Å². The highest BCUT2D eigenvalue weighted by Crippen LogP contribution is 2.19. The Morgan fingerprint density at radius 2 is 1.95 bits per heavy atom. The van der Waals surface area contributed by atoms with Gasteiger partial charge in [0.25, 0.3) is 5.91 Å². The number of hydrogen-bond acceptors (Lipinski definition) is 2. The molecule has 0 aromatic heterocycles. The number of amides is 1. The first-order chi connectivity index (χ1) is 8.89. The molecule has 0 bridgehead atoms. The van der Waals surface area contributed by atoms with Gasteiger partial charge in [-0.05, 0) is 46.2 Å². The summed E-state index contributed by atoms with van der Waals surface area (Å²) < 4.78 is 0. The van der Waals surface area contributed by atoms with Crippen molar-refractivity contribution in [3.8, 4) is 0 Å². The third-order valence-corrected chi connectivity index (χ3v) is 3.11. The van der Waals surface area contributed by atoms with Crippen molar-refractivity contribution in [3.63, 3.8) is 0 Å². The van der Waals surface area contributed by atoms with Crippen LogP contribution in [0.15, 0.2) is 18.2 Å². The zero-order valence-electron chi connectivity index (χ0n) is 12.8. The Morgan fingerprint density at radius 1 is 1.26 bits per heavy atom. The molecular formula is C16H26N2O. The minimum Gasteiger partial charge on any atom is -0.385 e. The van der Waals surface area contributed by atoms with Gasteiger partial charge in [0.2, 0.25) is 0 Å². The van der Waals surface area contributed by atoms with Crippen LogP contribution in [0.5, 0.6) is 0 Å². The first-order valence-electron chi connectivity index (χ1n) is 7.06. The summed E-state index contributed by atoms with van der Waals surface area (Å²) in [5.74, 6) is -0.00176. The minimum atomic E-state index is -0.168. The average Bonchev–Trinajstić information content (AvgIpc) is 2.30. The first kappa shape index (κ1) is 15.5. The van der Waals surface area contributed by atoms with E-state index in [1.807, 2.05) is 32.0 Å². The molecule has 1 aromatic carbocycles. The fourth-order valence-corrected chi connectivity index (χ4v) is 2.25. The van der Waals surface area contributed by atoms with Gasteiger partial charge in [0.05, 0.1) is 5.56 Å². The van der Waals surface area contributed by atoms with Crippen molar-refractivity contribution in [1.29, 1.82) is 0 Å². The fourth-order valence-electron chi connectivity index (χ4n) is 2.25. The number of rotatable bonds is 6. The predicted molar refractivity (Wildman–Crippen MR) is 81.8 cm³/mol. The van der Waals surface area contributed by atoms with Gasteiger partial charge in [-0.25, -0.2) is 0 Å². The van der Waals surface area contributed by atoms with E-state index in [0.717, 1.165) is 36.2 Å². The van der Waals surface area contributed by atoms with E-state index in [0.29, 0.717) is 0 Å². The Hall–Kier alpha value is -1.51. The highest BCUT2D eigenvalue weighted by atomic mass is 16.1. The van der Waals surface area contributed by atoms with Gasteiger partial charge in [-0.15, -0.1) is 0 Å². The molecule has 1 rings (SSSR count). The zero-order valence-corrected chi connectivity index (χ0v) is 12.8. The van der Waals surface area contributed by atoms with Crippen LogP contribution in [0, 0.1) is 6.92 Å². The highest BCUT2D eigenvalue weighted by Gasteiger charge is 2.21. The van der Waals surface area contributed by atoms with Crippen LogP contribution >= 0.6 is 0 Å². The molecule has 0 saturated carbocycles. The zero-order chi connectivity index (χ0) is 14.5. The molecule has 0 radical (unpaired) electrons. The largest absolute Gasteiger partial charge is 0.385 e. The Labute approximate surface area is 116 Å². The molecule has 3 nitrogen and oxygen atoms in total. The summed E-state index contributed by atoms with van der Waals surface area (Å²) in [6.45, 7) is 11.1. The second kappa shape index (κ2) is 6.60. The van der Waals surface area contributed by atoms with Crippen molar-refractivity contribution >= 4 is 11.6 Å². The normalized spacial score (nSPS) is 11.2. The molecule has 2 N–H and O–H groups in total. The molecule has 0 atom stereocenters. The van der Waals surface area contributed by atoms with Gasteiger partial charge in [0, 0.05) is 17.8 Å². The molecular weight excluding hydrogens is 236 g/mol. The van der Waals surface area contributed by atoms with E-state index >= 15 is 0 Å². The van der Waals surface area contributed by atoms with Crippen LogP contribution in [-0.2, 0) is 0 Å². The maximum Gasteiger partial charge on any atom is 0.253 e. The molecule has 0 spiro atoms. The van der Waals surface area contributed by atoms with Crippen LogP contribution in [0.25, 0.3) is 0 Å². The van der Waals surface area contributed by atoms with Crippen molar-refractivity contribution in [2.75, 3.05) is 11.9 Å². The van der Waals surface area contributed by atoms with Gasteiger partial charge in [-0.2, -0.15) is 0 Å². The molecule has 3 heteroatoms. The lowest BCUT2D eigenvalue weighted by Gasteiger charge is -2.26. The average molecular weight is 262 g/mol. The Bertz CT molecular complexity index is 438. The standard InChI is InChI=1S/C16H26N2O/c1-6-10-16(4,5)18-15(19)13-11-12(3)8-9-14(13)17-7-2/h8-9,11,17H,6-7,10H2,1-5H3,(H,18,19). The number of hydrogen-bond donors (Lipinski definition) is 2. The number of aryl methyl sites for hydroxylation is 1. The Kier molecular flexibility index (Phi) is 5.40. The molecule has 1 amide bonds. The molecule has 1 aromatic rings. The minimum absolute atomic E-state index is 0.00176. The van der Waals surface area contributed by atoms with Crippen LogP contribution in [0.3, 0.4) is 0 Å². The van der Waals surface area contributed by atoms with Crippen LogP contribution in [0.2, 0.25) is 0 Å². The van der Waals surface area contributed by atoms with Crippen LogP contribution < -0.4 is 10.6 Å². The van der Waals surface area contributed by atoms with Crippen molar-refractivity contribution in [2.45, 2.75) is 53.0 Å². The molecule has 0 saturated heterocycles. The molecule has 0 aliphatic heterocycles. The van der Waals surface area contributed by atoms with Gasteiger partial charge in [-0.1, -0.05) is 25.0 Å². The second-order valence-corrected chi connectivity index (χ2v) is 5.67. The predicted octanol–water partition coefficient (Wildman–Crippen LogP) is 3.74. The Balaban J connectivity index is 2.95. The van der Waals surface area contributed by atoms with Gasteiger partial charge >= 0.3 is 0 Å². The van der Waals surface area contributed by atoms with E-state index in [4.69, 9.17) is 0 Å². The maximum atomic E-state index is 12.4. The lowest BCUT2D eigenvalue weighted by Crippen LogP contribution is -2.43. The van der Waals surface area contributed by atoms with Gasteiger partial charge < -0.3 is 10.6 Å². The lowest BCUT2D eigenvalue weighted by atomic mass is 9.98. The molecule has 0 fully saturated rings. The van der Waals surface area contributed by atoms with Gasteiger partial charge in [0.15, 0.2) is 0 Å². The smallest absolute Gasteiger partial charge is 0.253 e. The van der Waals surface area contributed by atoms with E-state index in [1.165, 1.54) is 0 Å². The number of carbonyl (C=O) groups is 1. The summed E-state index contributed by atoms with van der Waals surface area (Å²) >= 11 is 0. The lowest BCUT2D eigenvalue weighted by molar-refractivity contribution is 0.0910. The monoisotopic (exact) mass is 262 g/mol. The van der Waals surface area contributed by atoms with Crippen molar-refractivity contribution < 1.29 is 4.79 Å². The molecule has 19 heavy (non-hydrogen) atoms. The summed E-state index contributed by atoms with van der Waals surface area (Å²) in [4.78, 5) is 12.4. The highest BCUT2D eigenvalue weighted by molar-refractivity contribution is 6.00. The summed E-state index contributed by atoms with van der Waals surface area (Å²) in [5.41, 5.74) is 2.56. The van der Waals surface area contributed by atoms with E-state index in [1.54, 1.807) is 0 Å². The van der Waals surface area contributed by atoms with E-state index in [2.05, 4.69) is 31.4 Å². The summed E-state index contributed by atoms with van der Waals surface area (Å²) in [6, 6.07) is 5.93. The number of nitrogens with one attached hydrogen (secondary N) is 2. The summed E-state index contributed by atoms with van der Waals surface area (Å²) in [6.07, 6.45) is 2.03. The number of carbonyl (C=O) groups excluding carboxylic acids is 1. The number of anilines is 1. The van der Waals surface area contributed by atoms with Crippen LogP contribution in [0.1, 0.15) is 56.5 Å². The van der Waals surface area contributed by atoms with Crippen molar-refractivity contribution in [1.82, 2.24) is 5.32 Å². The van der Waals surface area contributed by atoms with Crippen LogP contribution in [-0.4, -0.2) is 18.0 Å². The second-order valence-electron chi connectivity index (χ2n) is 5.67. The third kappa shape index (κ3) is 4.58. The summed E-state index contributed by atoms with van der Waals surface area (Å²) in [7, 11) is 0. The van der Waals surface area contributed by atoms with E-state index in [9.17, 15) is 4.79 Å². The first-order valence-corrected chi connectivity index (χ1v) is 7.06. The van der Waals surface area contributed by atoms with E-state index < -0.39 is 0 Å². The number of benzene rings is 1. The third-order valence-electron chi connectivity index (χ3n) is 3.11. The Morgan fingerprint density at radius 3 is 2.53 bits per heavy atom. The van der Waals surface area contributed by atoms with E-state index in [-0.39, 0.29) is 11.4 Å². The molecule has 0 heterocycles.